The lowest BCUT2D eigenvalue weighted by molar-refractivity contribution is -0.385. The van der Waals surface area contributed by atoms with Crippen LogP contribution in [-0.2, 0) is 0 Å². The summed E-state index contributed by atoms with van der Waals surface area (Å²) in [6, 6.07) is 2.95. The summed E-state index contributed by atoms with van der Waals surface area (Å²) in [4.78, 5) is 13.9. The van der Waals surface area contributed by atoms with Crippen LogP contribution in [0.3, 0.4) is 0 Å². The lowest BCUT2D eigenvalue weighted by Gasteiger charge is -2.22. The number of piperidine rings is 1. The molecule has 0 bridgehead atoms. The molecule has 1 aromatic heterocycles. The van der Waals surface area contributed by atoms with Crippen molar-refractivity contribution in [1.29, 1.82) is 0 Å². The molecule has 1 saturated heterocycles. The maximum absolute atomic E-state index is 10.5. The van der Waals surface area contributed by atoms with Crippen molar-refractivity contribution in [2.45, 2.75) is 25.7 Å². The van der Waals surface area contributed by atoms with E-state index in [1.165, 1.54) is 25.1 Å². The van der Waals surface area contributed by atoms with Crippen molar-refractivity contribution in [3.8, 4) is 5.88 Å². The van der Waals surface area contributed by atoms with Crippen LogP contribution in [0.5, 0.6) is 5.88 Å². The van der Waals surface area contributed by atoms with Gasteiger partial charge in [0.05, 0.1) is 11.5 Å². The molecular weight excluding hydrogens is 246 g/mol. The SMILES string of the molecule is O=[N+]([O-])c1ccc(OCCC[C@@H]2CCCNC2)nc1. The smallest absolute Gasteiger partial charge is 0.287 e. The Morgan fingerprint density at radius 3 is 3.05 bits per heavy atom. The maximum atomic E-state index is 10.5. The van der Waals surface area contributed by atoms with Gasteiger partial charge in [0.25, 0.3) is 5.69 Å². The molecule has 1 aromatic rings. The molecule has 0 amide bonds. The average molecular weight is 265 g/mol. The van der Waals surface area contributed by atoms with Crippen LogP contribution in [0.4, 0.5) is 5.69 Å². The van der Waals surface area contributed by atoms with E-state index in [4.69, 9.17) is 4.74 Å². The Bertz CT molecular complexity index is 402. The highest BCUT2D eigenvalue weighted by molar-refractivity contribution is 5.28. The Morgan fingerprint density at radius 2 is 2.42 bits per heavy atom. The standard InChI is InChI=1S/C13H19N3O3/c17-16(18)12-5-6-13(15-10-12)19-8-2-4-11-3-1-7-14-9-11/h5-6,10-11,14H,1-4,7-9H2/t11-/m0/s1. The zero-order valence-electron chi connectivity index (χ0n) is 10.9. The molecule has 1 N–H and O–H groups in total. The molecular formula is C13H19N3O3. The number of aromatic nitrogens is 1. The van der Waals surface area contributed by atoms with E-state index in [9.17, 15) is 10.1 Å². The summed E-state index contributed by atoms with van der Waals surface area (Å²) in [5.41, 5.74) is -0.0133. The van der Waals surface area contributed by atoms with Crippen LogP contribution in [0.2, 0.25) is 0 Å². The fourth-order valence-electron chi connectivity index (χ4n) is 2.29. The predicted octanol–water partition coefficient (Wildman–Crippen LogP) is 2.15. The van der Waals surface area contributed by atoms with Gasteiger partial charge < -0.3 is 10.1 Å². The summed E-state index contributed by atoms with van der Waals surface area (Å²) in [5, 5.41) is 13.9. The fourth-order valence-corrected chi connectivity index (χ4v) is 2.29. The first-order valence-electron chi connectivity index (χ1n) is 6.69. The third-order valence-electron chi connectivity index (χ3n) is 3.34. The molecule has 6 heteroatoms. The van der Waals surface area contributed by atoms with Crippen LogP contribution in [0.15, 0.2) is 18.3 Å². The molecule has 6 nitrogen and oxygen atoms in total. The van der Waals surface area contributed by atoms with Gasteiger partial charge in [-0.05, 0) is 44.7 Å². The first kappa shape index (κ1) is 13.7. The second-order valence-electron chi connectivity index (χ2n) is 4.81. The van der Waals surface area contributed by atoms with Gasteiger partial charge in [-0.3, -0.25) is 10.1 Å². The van der Waals surface area contributed by atoms with E-state index in [1.807, 2.05) is 0 Å². The van der Waals surface area contributed by atoms with E-state index in [-0.39, 0.29) is 5.69 Å². The van der Waals surface area contributed by atoms with E-state index < -0.39 is 4.92 Å². The molecule has 0 aromatic carbocycles. The van der Waals surface area contributed by atoms with Gasteiger partial charge in [0, 0.05) is 12.1 Å². The van der Waals surface area contributed by atoms with Gasteiger partial charge in [-0.25, -0.2) is 4.98 Å². The molecule has 19 heavy (non-hydrogen) atoms. The Labute approximate surface area is 112 Å². The topological polar surface area (TPSA) is 77.3 Å². The van der Waals surface area contributed by atoms with Crippen LogP contribution in [0, 0.1) is 16.0 Å². The lowest BCUT2D eigenvalue weighted by Crippen LogP contribution is -2.29. The molecule has 2 heterocycles. The molecule has 0 saturated carbocycles. The second-order valence-corrected chi connectivity index (χ2v) is 4.81. The minimum Gasteiger partial charge on any atom is -0.478 e. The van der Waals surface area contributed by atoms with Gasteiger partial charge in [-0.15, -0.1) is 0 Å². The second kappa shape index (κ2) is 7.04. The Balaban J connectivity index is 1.66. The van der Waals surface area contributed by atoms with Crippen LogP contribution >= 0.6 is 0 Å². The van der Waals surface area contributed by atoms with Crippen molar-refractivity contribution < 1.29 is 9.66 Å². The minimum absolute atomic E-state index is 0.0133. The molecule has 1 aliphatic rings. The fraction of sp³-hybridized carbons (Fsp3) is 0.615. The third-order valence-corrected chi connectivity index (χ3v) is 3.34. The third kappa shape index (κ3) is 4.48. The zero-order valence-corrected chi connectivity index (χ0v) is 10.9. The van der Waals surface area contributed by atoms with Crippen molar-refractivity contribution in [3.63, 3.8) is 0 Å². The molecule has 0 spiro atoms. The summed E-state index contributed by atoms with van der Waals surface area (Å²) in [7, 11) is 0. The Hall–Kier alpha value is -1.69. The number of ether oxygens (including phenoxy) is 1. The molecule has 1 fully saturated rings. The van der Waals surface area contributed by atoms with Gasteiger partial charge in [0.1, 0.15) is 6.20 Å². The first-order chi connectivity index (χ1) is 9.25. The van der Waals surface area contributed by atoms with E-state index in [0.717, 1.165) is 31.8 Å². The molecule has 0 unspecified atom stereocenters. The molecule has 1 atom stereocenters. The van der Waals surface area contributed by atoms with Gasteiger partial charge in [0.15, 0.2) is 0 Å². The highest BCUT2D eigenvalue weighted by Gasteiger charge is 2.12. The Morgan fingerprint density at radius 1 is 1.53 bits per heavy atom. The van der Waals surface area contributed by atoms with Crippen LogP contribution in [0.25, 0.3) is 0 Å². The van der Waals surface area contributed by atoms with E-state index in [2.05, 4.69) is 10.3 Å². The van der Waals surface area contributed by atoms with Crippen LogP contribution in [0.1, 0.15) is 25.7 Å². The number of hydrogen-bond donors (Lipinski definition) is 1. The number of pyridine rings is 1. The highest BCUT2D eigenvalue weighted by atomic mass is 16.6. The molecule has 104 valence electrons. The summed E-state index contributed by atoms with van der Waals surface area (Å²) in [6.07, 6.45) is 5.92. The van der Waals surface area contributed by atoms with Gasteiger partial charge in [-0.1, -0.05) is 0 Å². The van der Waals surface area contributed by atoms with Gasteiger partial charge in [-0.2, -0.15) is 0 Å². The van der Waals surface area contributed by atoms with Crippen molar-refractivity contribution in [3.05, 3.63) is 28.4 Å². The number of nitrogens with one attached hydrogen (secondary N) is 1. The molecule has 0 radical (unpaired) electrons. The number of rotatable bonds is 6. The van der Waals surface area contributed by atoms with Crippen molar-refractivity contribution in [1.82, 2.24) is 10.3 Å². The highest BCUT2D eigenvalue weighted by Crippen LogP contribution is 2.17. The van der Waals surface area contributed by atoms with Crippen molar-refractivity contribution >= 4 is 5.69 Å². The van der Waals surface area contributed by atoms with E-state index in [1.54, 1.807) is 6.07 Å². The normalized spacial score (nSPS) is 19.1. The van der Waals surface area contributed by atoms with Crippen molar-refractivity contribution in [2.24, 2.45) is 5.92 Å². The van der Waals surface area contributed by atoms with Crippen molar-refractivity contribution in [2.75, 3.05) is 19.7 Å². The first-order valence-corrected chi connectivity index (χ1v) is 6.69. The zero-order chi connectivity index (χ0) is 13.5. The minimum atomic E-state index is -0.465. The van der Waals surface area contributed by atoms with Gasteiger partial charge in [0.2, 0.25) is 5.88 Å². The quantitative estimate of drug-likeness (QED) is 0.484. The molecule has 2 rings (SSSR count). The maximum Gasteiger partial charge on any atom is 0.287 e. The largest absolute Gasteiger partial charge is 0.478 e. The summed E-state index contributed by atoms with van der Waals surface area (Å²) < 4.78 is 5.48. The van der Waals surface area contributed by atoms with Crippen LogP contribution < -0.4 is 10.1 Å². The molecule has 1 aliphatic heterocycles. The summed E-state index contributed by atoms with van der Waals surface area (Å²) in [6.45, 7) is 2.86. The number of hydrogen-bond acceptors (Lipinski definition) is 5. The predicted molar refractivity (Wildman–Crippen MR) is 71.2 cm³/mol. The summed E-state index contributed by atoms with van der Waals surface area (Å²) >= 11 is 0. The number of nitro groups is 1. The van der Waals surface area contributed by atoms with E-state index >= 15 is 0 Å². The average Bonchev–Trinajstić information content (AvgIpc) is 2.45. The van der Waals surface area contributed by atoms with Gasteiger partial charge >= 0.3 is 0 Å². The molecule has 0 aliphatic carbocycles. The monoisotopic (exact) mass is 265 g/mol. The summed E-state index contributed by atoms with van der Waals surface area (Å²) in [5.74, 6) is 1.20. The van der Waals surface area contributed by atoms with E-state index in [0.29, 0.717) is 12.5 Å². The van der Waals surface area contributed by atoms with Crippen LogP contribution in [-0.4, -0.2) is 29.6 Å². The Kier molecular flexibility index (Phi) is 5.09. The number of nitrogens with zero attached hydrogens (tertiary/aromatic N) is 2. The lowest BCUT2D eigenvalue weighted by atomic mass is 9.95.